The molecule has 10 N–H and O–H groups in total. The molecule has 0 aliphatic carbocycles. The van der Waals surface area contributed by atoms with Crippen LogP contribution >= 0.6 is 0 Å². The third-order valence-electron chi connectivity index (χ3n) is 8.98. The monoisotopic (exact) mass is 860 g/mol. The first-order valence-corrected chi connectivity index (χ1v) is 17.7. The first-order valence-electron chi connectivity index (χ1n) is 17.7. The van der Waals surface area contributed by atoms with E-state index in [0.717, 1.165) is 91.0 Å². The zero-order chi connectivity index (χ0) is 45.0. The molecule has 5 aromatic carbocycles. The van der Waals surface area contributed by atoms with E-state index in [1.807, 2.05) is 0 Å². The van der Waals surface area contributed by atoms with Crippen LogP contribution in [-0.4, -0.2) is 118 Å². The number of ether oxygens (including phenoxy) is 6. The van der Waals surface area contributed by atoms with Gasteiger partial charge in [0.25, 0.3) is 0 Å². The lowest BCUT2D eigenvalue weighted by Gasteiger charge is -2.43. The molecule has 0 amide bonds. The van der Waals surface area contributed by atoms with E-state index in [1.165, 1.54) is 0 Å². The largest absolute Gasteiger partial charge is 0.504 e. The van der Waals surface area contributed by atoms with E-state index in [0.29, 0.717) is 0 Å². The van der Waals surface area contributed by atoms with E-state index in [9.17, 15) is 75.0 Å². The van der Waals surface area contributed by atoms with Gasteiger partial charge in [-0.2, -0.15) is 0 Å². The number of aromatic hydroxyl groups is 10. The quantitative estimate of drug-likeness (QED) is 0.0518. The standard InChI is InChI=1S/C41H32O21/c42-22-6-1-17(11-27(22)47)36(52)57-16-32-33(59-37(53)18-2-7-23(43)28(48)12-18)34(60-38(54)19-3-8-24(44)29(49)13-19)35(61-39(55)20-4-9-25(45)30(50)14-20)41(58-32)62-40(56)21-5-10-26(46)31(51)15-21/h1-15,32-35,41-51H,16H2/t32-,33-,34+,35-,41+/m1/s1. The van der Waals surface area contributed by atoms with E-state index < -0.39 is 147 Å². The third kappa shape index (κ3) is 9.48. The van der Waals surface area contributed by atoms with Gasteiger partial charge in [-0.15, -0.1) is 0 Å². The Hall–Kier alpha value is -8.59. The molecule has 1 aliphatic heterocycles. The van der Waals surface area contributed by atoms with Crippen molar-refractivity contribution in [1.29, 1.82) is 0 Å². The number of hydrogen-bond acceptors (Lipinski definition) is 21. The van der Waals surface area contributed by atoms with Gasteiger partial charge in [0.15, 0.2) is 69.7 Å². The van der Waals surface area contributed by atoms with Crippen molar-refractivity contribution in [2.75, 3.05) is 6.61 Å². The minimum absolute atomic E-state index is 0.335. The Kier molecular flexibility index (Phi) is 12.3. The maximum Gasteiger partial charge on any atom is 0.340 e. The Morgan fingerprint density at radius 3 is 1.00 bits per heavy atom. The van der Waals surface area contributed by atoms with E-state index in [1.54, 1.807) is 0 Å². The van der Waals surface area contributed by atoms with E-state index in [-0.39, 0.29) is 5.56 Å². The molecule has 0 saturated carbocycles. The minimum Gasteiger partial charge on any atom is -0.504 e. The van der Waals surface area contributed by atoms with Crippen molar-refractivity contribution < 1.29 is 103 Å². The Morgan fingerprint density at radius 2 is 0.661 bits per heavy atom. The molecular formula is C41H32O21. The molecule has 322 valence electrons. The molecule has 0 unspecified atom stereocenters. The van der Waals surface area contributed by atoms with Gasteiger partial charge in [0.1, 0.15) is 12.7 Å². The summed E-state index contributed by atoms with van der Waals surface area (Å²) in [5.41, 5.74) is -2.17. The third-order valence-corrected chi connectivity index (χ3v) is 8.98. The number of carbonyl (C=O) groups is 5. The van der Waals surface area contributed by atoms with Crippen molar-refractivity contribution >= 4 is 29.8 Å². The zero-order valence-corrected chi connectivity index (χ0v) is 31.2. The Balaban J connectivity index is 1.48. The van der Waals surface area contributed by atoms with Crippen molar-refractivity contribution in [3.63, 3.8) is 0 Å². The molecule has 0 aromatic heterocycles. The van der Waals surface area contributed by atoms with E-state index in [2.05, 4.69) is 0 Å². The van der Waals surface area contributed by atoms with Crippen molar-refractivity contribution in [3.8, 4) is 57.5 Å². The molecule has 5 atom stereocenters. The van der Waals surface area contributed by atoms with Gasteiger partial charge in [-0.05, 0) is 91.0 Å². The van der Waals surface area contributed by atoms with Crippen LogP contribution in [0.4, 0.5) is 0 Å². The van der Waals surface area contributed by atoms with Gasteiger partial charge >= 0.3 is 29.8 Å². The molecule has 1 saturated heterocycles. The van der Waals surface area contributed by atoms with Crippen LogP contribution in [0.25, 0.3) is 0 Å². The van der Waals surface area contributed by atoms with Crippen LogP contribution in [0.15, 0.2) is 91.0 Å². The molecule has 1 fully saturated rings. The lowest BCUT2D eigenvalue weighted by Crippen LogP contribution is -2.63. The van der Waals surface area contributed by atoms with Gasteiger partial charge in [0.05, 0.1) is 27.8 Å². The fourth-order valence-electron chi connectivity index (χ4n) is 5.75. The highest BCUT2D eigenvalue weighted by Gasteiger charge is 2.55. The van der Waals surface area contributed by atoms with Crippen LogP contribution in [0.5, 0.6) is 57.5 Å². The number of carbonyl (C=O) groups excluding carboxylic acids is 5. The summed E-state index contributed by atoms with van der Waals surface area (Å²) < 4.78 is 34.0. The first kappa shape index (κ1) is 43.0. The molecule has 1 aliphatic rings. The second kappa shape index (κ2) is 17.7. The summed E-state index contributed by atoms with van der Waals surface area (Å²) >= 11 is 0. The highest BCUT2D eigenvalue weighted by atomic mass is 16.7. The molecule has 0 bridgehead atoms. The Bertz CT molecular complexity index is 2570. The summed E-state index contributed by atoms with van der Waals surface area (Å²) in [7, 11) is 0. The highest BCUT2D eigenvalue weighted by Crippen LogP contribution is 2.36. The zero-order valence-electron chi connectivity index (χ0n) is 31.2. The summed E-state index contributed by atoms with van der Waals surface area (Å²) in [5.74, 6) is -13.7. The van der Waals surface area contributed by atoms with E-state index in [4.69, 9.17) is 28.4 Å². The number of hydrogen-bond donors (Lipinski definition) is 10. The summed E-state index contributed by atoms with van der Waals surface area (Å²) in [6.07, 6.45) is -10.7. The molecular weight excluding hydrogens is 828 g/mol. The molecule has 1 heterocycles. The van der Waals surface area contributed by atoms with Crippen LogP contribution in [0.3, 0.4) is 0 Å². The van der Waals surface area contributed by atoms with Crippen molar-refractivity contribution in [3.05, 3.63) is 119 Å². The van der Waals surface area contributed by atoms with Gasteiger partial charge in [0, 0.05) is 0 Å². The topological polar surface area (TPSA) is 343 Å². The number of esters is 5. The normalized spacial score (nSPS) is 18.2. The highest BCUT2D eigenvalue weighted by molar-refractivity contribution is 5.93. The smallest absolute Gasteiger partial charge is 0.340 e. The number of phenolic OH excluding ortho intramolecular Hbond substituents is 10. The summed E-state index contributed by atoms with van der Waals surface area (Å²) in [4.78, 5) is 68.1. The van der Waals surface area contributed by atoms with Gasteiger partial charge < -0.3 is 79.5 Å². The predicted molar refractivity (Wildman–Crippen MR) is 201 cm³/mol. The van der Waals surface area contributed by atoms with Gasteiger partial charge in [-0.1, -0.05) is 0 Å². The number of phenols is 10. The molecule has 6 rings (SSSR count). The lowest BCUT2D eigenvalue weighted by molar-refractivity contribution is -0.282. The predicted octanol–water partition coefficient (Wildman–Crippen LogP) is 3.16. The molecule has 5 aromatic rings. The Labute approximate surface area is 346 Å². The molecule has 21 nitrogen and oxygen atoms in total. The van der Waals surface area contributed by atoms with Crippen LogP contribution in [0, 0.1) is 0 Å². The maximum absolute atomic E-state index is 13.8. The van der Waals surface area contributed by atoms with Gasteiger partial charge in [-0.3, -0.25) is 0 Å². The second-order valence-corrected chi connectivity index (χ2v) is 13.2. The summed E-state index contributed by atoms with van der Waals surface area (Å²) in [5, 5.41) is 99.5. The van der Waals surface area contributed by atoms with Gasteiger partial charge in [0.2, 0.25) is 12.4 Å². The summed E-state index contributed by atoms with van der Waals surface area (Å²) in [6, 6.07) is 13.5. The second-order valence-electron chi connectivity index (χ2n) is 13.2. The lowest BCUT2D eigenvalue weighted by atomic mass is 9.97. The Morgan fingerprint density at radius 1 is 0.371 bits per heavy atom. The van der Waals surface area contributed by atoms with Crippen LogP contribution in [0.2, 0.25) is 0 Å². The molecule has 0 spiro atoms. The summed E-state index contributed by atoms with van der Waals surface area (Å²) in [6.45, 7) is -1.01. The minimum atomic E-state index is -2.27. The molecule has 62 heavy (non-hydrogen) atoms. The van der Waals surface area contributed by atoms with Crippen molar-refractivity contribution in [2.45, 2.75) is 30.7 Å². The SMILES string of the molecule is O=C(OC[C@H]1O[C@@H](OC(=O)c2ccc(O)c(O)c2)[C@H](OC(=O)c2ccc(O)c(O)c2)[C@@H](OC(=O)c2ccc(O)c(O)c2)[C@@H]1OC(=O)c1ccc(O)c(O)c1)c1ccc(O)c(O)c1. The van der Waals surface area contributed by atoms with Gasteiger partial charge in [-0.25, -0.2) is 24.0 Å². The fourth-order valence-corrected chi connectivity index (χ4v) is 5.75. The van der Waals surface area contributed by atoms with Crippen molar-refractivity contribution in [2.24, 2.45) is 0 Å². The van der Waals surface area contributed by atoms with Crippen LogP contribution < -0.4 is 0 Å². The van der Waals surface area contributed by atoms with Crippen LogP contribution in [-0.2, 0) is 28.4 Å². The maximum atomic E-state index is 13.8. The average Bonchev–Trinajstić information content (AvgIpc) is 3.23. The number of benzene rings is 5. The van der Waals surface area contributed by atoms with Crippen molar-refractivity contribution in [1.82, 2.24) is 0 Å². The number of rotatable bonds is 11. The molecule has 0 radical (unpaired) electrons. The fraction of sp³-hybridized carbons (Fsp3) is 0.146. The van der Waals surface area contributed by atoms with Crippen LogP contribution in [0.1, 0.15) is 51.8 Å². The van der Waals surface area contributed by atoms with E-state index >= 15 is 0 Å². The average molecular weight is 861 g/mol. The first-order chi connectivity index (χ1) is 29.4. The molecule has 21 heteroatoms.